The molecule has 2 N–H and O–H groups in total. The molecule has 0 aliphatic heterocycles. The summed E-state index contributed by atoms with van der Waals surface area (Å²) in [6.45, 7) is 3.11. The summed E-state index contributed by atoms with van der Waals surface area (Å²) in [4.78, 5) is 0. The highest BCUT2D eigenvalue weighted by atomic mass is 19.1. The van der Waals surface area contributed by atoms with Crippen molar-refractivity contribution in [1.82, 2.24) is 0 Å². The van der Waals surface area contributed by atoms with E-state index in [0.717, 1.165) is 24.2 Å². The second kappa shape index (κ2) is 8.53. The van der Waals surface area contributed by atoms with Gasteiger partial charge in [-0.15, -0.1) is 0 Å². The van der Waals surface area contributed by atoms with Gasteiger partial charge >= 0.3 is 0 Å². The third kappa shape index (κ3) is 4.70. The maximum Gasteiger partial charge on any atom is 0.126 e. The average molecular weight is 317 g/mol. The summed E-state index contributed by atoms with van der Waals surface area (Å²) in [5.41, 5.74) is 8.32. The molecule has 1 atom stereocenters. The Morgan fingerprint density at radius 2 is 2.00 bits per heavy atom. The molecule has 0 bridgehead atoms. The van der Waals surface area contributed by atoms with Gasteiger partial charge in [0.05, 0.1) is 13.7 Å². The lowest BCUT2D eigenvalue weighted by molar-refractivity contribution is 0.295. The van der Waals surface area contributed by atoms with Crippen molar-refractivity contribution < 1.29 is 13.9 Å². The van der Waals surface area contributed by atoms with E-state index >= 15 is 0 Å². The fourth-order valence-electron chi connectivity index (χ4n) is 2.60. The van der Waals surface area contributed by atoms with Gasteiger partial charge in [-0.25, -0.2) is 4.39 Å². The van der Waals surface area contributed by atoms with Crippen LogP contribution in [0.3, 0.4) is 0 Å². The van der Waals surface area contributed by atoms with Gasteiger partial charge in [0.2, 0.25) is 0 Å². The van der Waals surface area contributed by atoms with Crippen molar-refractivity contribution in [2.45, 2.75) is 25.7 Å². The summed E-state index contributed by atoms with van der Waals surface area (Å²) in [5.74, 6) is 1.23. The number of hydrogen-bond donors (Lipinski definition) is 1. The molecule has 0 saturated carbocycles. The van der Waals surface area contributed by atoms with Gasteiger partial charge in [-0.2, -0.15) is 0 Å². The number of methoxy groups -OCH3 is 1. The Bertz CT molecular complexity index is 631. The van der Waals surface area contributed by atoms with Crippen LogP contribution in [0.5, 0.6) is 11.5 Å². The minimum absolute atomic E-state index is 0.144. The lowest BCUT2D eigenvalue weighted by Crippen LogP contribution is -2.16. The quantitative estimate of drug-likeness (QED) is 0.803. The number of aryl methyl sites for hydroxylation is 1. The van der Waals surface area contributed by atoms with Crippen molar-refractivity contribution in [3.05, 3.63) is 59.4 Å². The second-order valence-corrected chi connectivity index (χ2v) is 5.46. The molecule has 0 heterocycles. The summed E-state index contributed by atoms with van der Waals surface area (Å²) in [6.07, 6.45) is 1.71. The minimum Gasteiger partial charge on any atom is -0.496 e. The smallest absolute Gasteiger partial charge is 0.126 e. The van der Waals surface area contributed by atoms with Gasteiger partial charge < -0.3 is 15.2 Å². The van der Waals surface area contributed by atoms with E-state index in [9.17, 15) is 4.39 Å². The van der Waals surface area contributed by atoms with Crippen LogP contribution in [0.2, 0.25) is 0 Å². The zero-order chi connectivity index (χ0) is 16.7. The molecule has 2 aromatic rings. The summed E-state index contributed by atoms with van der Waals surface area (Å²) in [7, 11) is 1.67. The monoisotopic (exact) mass is 317 g/mol. The molecule has 0 spiro atoms. The van der Waals surface area contributed by atoms with E-state index in [1.807, 2.05) is 6.07 Å². The third-order valence-corrected chi connectivity index (χ3v) is 3.96. The molecule has 0 aliphatic carbocycles. The van der Waals surface area contributed by atoms with E-state index in [0.29, 0.717) is 18.9 Å². The Hall–Kier alpha value is -2.07. The number of nitrogens with two attached hydrogens (primary N) is 1. The van der Waals surface area contributed by atoms with Gasteiger partial charge in [-0.3, -0.25) is 0 Å². The molecule has 3 nitrogen and oxygen atoms in total. The zero-order valence-corrected chi connectivity index (χ0v) is 13.7. The predicted molar refractivity (Wildman–Crippen MR) is 90.7 cm³/mol. The van der Waals surface area contributed by atoms with Crippen LogP contribution in [-0.2, 0) is 6.42 Å². The predicted octanol–water partition coefficient (Wildman–Crippen LogP) is 3.91. The van der Waals surface area contributed by atoms with Crippen molar-refractivity contribution in [2.24, 2.45) is 5.73 Å². The highest BCUT2D eigenvalue weighted by Gasteiger charge is 2.15. The molecule has 0 aliphatic rings. The maximum atomic E-state index is 13.1. The van der Waals surface area contributed by atoms with Crippen molar-refractivity contribution >= 4 is 0 Å². The summed E-state index contributed by atoms with van der Waals surface area (Å²) < 4.78 is 24.2. The van der Waals surface area contributed by atoms with Gasteiger partial charge in [0.25, 0.3) is 0 Å². The molecule has 2 rings (SSSR count). The Balaban J connectivity index is 2.05. The summed E-state index contributed by atoms with van der Waals surface area (Å²) in [5, 5.41) is 0. The van der Waals surface area contributed by atoms with Crippen LogP contribution in [-0.4, -0.2) is 20.3 Å². The van der Waals surface area contributed by atoms with Crippen LogP contribution in [0.1, 0.15) is 30.4 Å². The van der Waals surface area contributed by atoms with Crippen LogP contribution in [0.4, 0.5) is 4.39 Å². The van der Waals surface area contributed by atoms with Crippen molar-refractivity contribution in [3.8, 4) is 11.5 Å². The van der Waals surface area contributed by atoms with E-state index in [1.165, 1.54) is 17.7 Å². The first-order chi connectivity index (χ1) is 11.2. The van der Waals surface area contributed by atoms with Crippen LogP contribution >= 0.6 is 0 Å². The first-order valence-corrected chi connectivity index (χ1v) is 7.93. The fourth-order valence-corrected chi connectivity index (χ4v) is 2.60. The molecule has 1 unspecified atom stereocenters. The standard InChI is InChI=1S/C19H24FNO2/c1-3-14-7-8-19(22-2)18(11-14)15(13-21)9-10-23-17-6-4-5-16(20)12-17/h4-8,11-12,15H,3,9-10,13,21H2,1-2H3. The first kappa shape index (κ1) is 17.3. The van der Waals surface area contributed by atoms with Crippen LogP contribution in [0.15, 0.2) is 42.5 Å². The number of rotatable bonds is 8. The number of ether oxygens (including phenoxy) is 2. The van der Waals surface area contributed by atoms with Gasteiger partial charge in [-0.1, -0.05) is 25.1 Å². The van der Waals surface area contributed by atoms with Gasteiger partial charge in [0.1, 0.15) is 17.3 Å². The molecule has 2 aromatic carbocycles. The van der Waals surface area contributed by atoms with Crippen LogP contribution in [0, 0.1) is 5.82 Å². The van der Waals surface area contributed by atoms with E-state index < -0.39 is 0 Å². The van der Waals surface area contributed by atoms with E-state index in [4.69, 9.17) is 15.2 Å². The van der Waals surface area contributed by atoms with Crippen LogP contribution in [0.25, 0.3) is 0 Å². The molecular weight excluding hydrogens is 293 g/mol. The lowest BCUT2D eigenvalue weighted by Gasteiger charge is -2.19. The number of benzene rings is 2. The molecule has 0 fully saturated rings. The number of hydrogen-bond acceptors (Lipinski definition) is 3. The molecular formula is C19H24FNO2. The third-order valence-electron chi connectivity index (χ3n) is 3.96. The normalized spacial score (nSPS) is 12.0. The average Bonchev–Trinajstić information content (AvgIpc) is 2.58. The highest BCUT2D eigenvalue weighted by Crippen LogP contribution is 2.30. The SMILES string of the molecule is CCc1ccc(OC)c(C(CN)CCOc2cccc(F)c2)c1. The fraction of sp³-hybridized carbons (Fsp3) is 0.368. The van der Waals surface area contributed by atoms with Crippen LogP contribution < -0.4 is 15.2 Å². The molecule has 0 radical (unpaired) electrons. The minimum atomic E-state index is -0.296. The van der Waals surface area contributed by atoms with Gasteiger partial charge in [0, 0.05) is 12.0 Å². The first-order valence-electron chi connectivity index (χ1n) is 7.93. The maximum absolute atomic E-state index is 13.1. The Morgan fingerprint density at radius 1 is 1.17 bits per heavy atom. The molecule has 0 aromatic heterocycles. The molecule has 0 saturated heterocycles. The molecule has 23 heavy (non-hydrogen) atoms. The Labute approximate surface area is 137 Å². The Morgan fingerprint density at radius 3 is 2.65 bits per heavy atom. The second-order valence-electron chi connectivity index (χ2n) is 5.46. The topological polar surface area (TPSA) is 44.5 Å². The zero-order valence-electron chi connectivity index (χ0n) is 13.7. The van der Waals surface area contributed by atoms with E-state index in [-0.39, 0.29) is 11.7 Å². The van der Waals surface area contributed by atoms with Crippen molar-refractivity contribution in [2.75, 3.05) is 20.3 Å². The molecule has 4 heteroatoms. The van der Waals surface area contributed by atoms with Crippen molar-refractivity contribution in [3.63, 3.8) is 0 Å². The highest BCUT2D eigenvalue weighted by molar-refractivity contribution is 5.40. The van der Waals surface area contributed by atoms with Crippen molar-refractivity contribution in [1.29, 1.82) is 0 Å². The molecule has 124 valence electrons. The lowest BCUT2D eigenvalue weighted by atomic mass is 9.93. The Kier molecular flexibility index (Phi) is 6.41. The van der Waals surface area contributed by atoms with E-state index in [2.05, 4.69) is 19.1 Å². The largest absolute Gasteiger partial charge is 0.496 e. The van der Waals surface area contributed by atoms with E-state index in [1.54, 1.807) is 19.2 Å². The summed E-state index contributed by atoms with van der Waals surface area (Å²) in [6, 6.07) is 12.4. The molecule has 0 amide bonds. The van der Waals surface area contributed by atoms with Gasteiger partial charge in [-0.05, 0) is 48.7 Å². The van der Waals surface area contributed by atoms with Gasteiger partial charge in [0.15, 0.2) is 0 Å². The summed E-state index contributed by atoms with van der Waals surface area (Å²) >= 11 is 0. The number of halogens is 1.